The van der Waals surface area contributed by atoms with Gasteiger partial charge in [0.15, 0.2) is 0 Å². The fourth-order valence-electron chi connectivity index (χ4n) is 3.03. The van der Waals surface area contributed by atoms with Crippen molar-refractivity contribution in [2.45, 2.75) is 33.1 Å². The second-order valence-corrected chi connectivity index (χ2v) is 4.86. The molecule has 11 heavy (non-hydrogen) atoms. The highest BCUT2D eigenvalue weighted by molar-refractivity contribution is 5.19. The van der Waals surface area contributed by atoms with E-state index in [2.05, 4.69) is 18.7 Å². The van der Waals surface area contributed by atoms with Gasteiger partial charge in [-0.25, -0.2) is 6.57 Å². The fraction of sp³-hybridized carbons (Fsp3) is 0.900. The molecule has 0 amide bonds. The van der Waals surface area contributed by atoms with Crippen LogP contribution in [0.5, 0.6) is 0 Å². The van der Waals surface area contributed by atoms with Crippen LogP contribution in [-0.2, 0) is 0 Å². The van der Waals surface area contributed by atoms with Gasteiger partial charge in [0.25, 0.3) is 0 Å². The number of hydrogen-bond donors (Lipinski definition) is 0. The number of nitrogens with zero attached hydrogens (tertiary/aromatic N) is 1. The summed E-state index contributed by atoms with van der Waals surface area (Å²) in [6.07, 6.45) is 4.04. The molecule has 1 nitrogen and oxygen atoms in total. The standard InChI is InChI=1S/C10H15N/c1-8(2)10-4-9(5-10,6-10)7-11-3/h8H,4-7H2,1-2H3. The monoisotopic (exact) mass is 149 g/mol. The van der Waals surface area contributed by atoms with Crippen LogP contribution in [0.1, 0.15) is 33.1 Å². The molecular formula is C10H15N. The highest BCUT2D eigenvalue weighted by atomic mass is 14.8. The maximum absolute atomic E-state index is 6.82. The van der Waals surface area contributed by atoms with E-state index in [9.17, 15) is 0 Å². The van der Waals surface area contributed by atoms with Crippen molar-refractivity contribution in [1.82, 2.24) is 0 Å². The van der Waals surface area contributed by atoms with Gasteiger partial charge < -0.3 is 4.85 Å². The van der Waals surface area contributed by atoms with Crippen LogP contribution in [-0.4, -0.2) is 6.54 Å². The minimum absolute atomic E-state index is 0.506. The first-order valence-electron chi connectivity index (χ1n) is 4.46. The van der Waals surface area contributed by atoms with Gasteiger partial charge in [-0.2, -0.15) is 0 Å². The van der Waals surface area contributed by atoms with E-state index in [0.717, 1.165) is 12.5 Å². The molecule has 0 aromatic heterocycles. The van der Waals surface area contributed by atoms with Crippen LogP contribution in [0.25, 0.3) is 4.85 Å². The largest absolute Gasteiger partial charge is 0.316 e. The zero-order valence-corrected chi connectivity index (χ0v) is 7.35. The Labute approximate surface area is 68.6 Å². The van der Waals surface area contributed by atoms with Gasteiger partial charge in [0.1, 0.15) is 0 Å². The Morgan fingerprint density at radius 3 is 2.27 bits per heavy atom. The minimum Gasteiger partial charge on any atom is -0.316 e. The van der Waals surface area contributed by atoms with Crippen molar-refractivity contribution in [3.8, 4) is 0 Å². The molecule has 3 aliphatic carbocycles. The Bertz CT molecular complexity index is 202. The van der Waals surface area contributed by atoms with Crippen LogP contribution in [0.3, 0.4) is 0 Å². The molecule has 0 aliphatic heterocycles. The summed E-state index contributed by atoms with van der Waals surface area (Å²) in [5, 5.41) is 0. The molecule has 0 unspecified atom stereocenters. The topological polar surface area (TPSA) is 4.36 Å². The van der Waals surface area contributed by atoms with Crippen molar-refractivity contribution in [2.75, 3.05) is 6.54 Å². The van der Waals surface area contributed by atoms with Gasteiger partial charge >= 0.3 is 0 Å². The van der Waals surface area contributed by atoms with Gasteiger partial charge in [0.2, 0.25) is 6.54 Å². The summed E-state index contributed by atoms with van der Waals surface area (Å²) >= 11 is 0. The van der Waals surface area contributed by atoms with Gasteiger partial charge in [-0.1, -0.05) is 13.8 Å². The molecule has 0 aromatic carbocycles. The quantitative estimate of drug-likeness (QED) is 0.532. The van der Waals surface area contributed by atoms with Gasteiger partial charge in [0.05, 0.1) is 0 Å². The Hall–Kier alpha value is -0.510. The first-order valence-corrected chi connectivity index (χ1v) is 4.46. The summed E-state index contributed by atoms with van der Waals surface area (Å²) in [7, 11) is 0. The molecule has 3 saturated carbocycles. The van der Waals surface area contributed by atoms with E-state index in [0.29, 0.717) is 10.8 Å². The summed E-state index contributed by atoms with van der Waals surface area (Å²) in [4.78, 5) is 3.51. The van der Waals surface area contributed by atoms with Crippen LogP contribution < -0.4 is 0 Å². The van der Waals surface area contributed by atoms with Crippen LogP contribution in [0.15, 0.2) is 0 Å². The number of rotatable bonds is 2. The predicted octanol–water partition coefficient (Wildman–Crippen LogP) is 2.73. The van der Waals surface area contributed by atoms with Crippen molar-refractivity contribution in [1.29, 1.82) is 0 Å². The van der Waals surface area contributed by atoms with E-state index in [-0.39, 0.29) is 0 Å². The van der Waals surface area contributed by atoms with Crippen molar-refractivity contribution in [3.63, 3.8) is 0 Å². The molecule has 0 aromatic rings. The third-order valence-electron chi connectivity index (χ3n) is 3.82. The Morgan fingerprint density at radius 1 is 1.36 bits per heavy atom. The van der Waals surface area contributed by atoms with Crippen molar-refractivity contribution >= 4 is 0 Å². The first-order chi connectivity index (χ1) is 5.13. The lowest BCUT2D eigenvalue weighted by Crippen LogP contribution is -2.65. The van der Waals surface area contributed by atoms with E-state index in [1.165, 1.54) is 19.3 Å². The first kappa shape index (κ1) is 7.16. The lowest BCUT2D eigenvalue weighted by Gasteiger charge is -2.70. The molecule has 0 heterocycles. The molecule has 3 aliphatic rings. The zero-order valence-electron chi connectivity index (χ0n) is 7.35. The smallest absolute Gasteiger partial charge is 0.220 e. The molecule has 60 valence electrons. The van der Waals surface area contributed by atoms with E-state index in [1.54, 1.807) is 0 Å². The minimum atomic E-state index is 0.506. The van der Waals surface area contributed by atoms with Crippen LogP contribution in [0.2, 0.25) is 0 Å². The summed E-state index contributed by atoms with van der Waals surface area (Å²) in [5.41, 5.74) is 1.19. The summed E-state index contributed by atoms with van der Waals surface area (Å²) in [6.45, 7) is 12.2. The molecule has 2 bridgehead atoms. The van der Waals surface area contributed by atoms with Gasteiger partial charge in [0, 0.05) is 5.41 Å². The molecule has 0 atom stereocenters. The van der Waals surface area contributed by atoms with E-state index in [4.69, 9.17) is 6.57 Å². The van der Waals surface area contributed by atoms with Crippen LogP contribution >= 0.6 is 0 Å². The third-order valence-corrected chi connectivity index (χ3v) is 3.82. The van der Waals surface area contributed by atoms with Crippen LogP contribution in [0, 0.1) is 23.3 Å². The van der Waals surface area contributed by atoms with Gasteiger partial charge in [-0.05, 0) is 30.6 Å². The fourth-order valence-corrected chi connectivity index (χ4v) is 3.03. The number of hydrogen-bond acceptors (Lipinski definition) is 0. The summed E-state index contributed by atoms with van der Waals surface area (Å²) in [5.74, 6) is 0.843. The maximum atomic E-state index is 6.82. The van der Waals surface area contributed by atoms with Crippen molar-refractivity contribution < 1.29 is 0 Å². The maximum Gasteiger partial charge on any atom is 0.220 e. The molecule has 3 rings (SSSR count). The summed E-state index contributed by atoms with van der Waals surface area (Å²) < 4.78 is 0. The lowest BCUT2D eigenvalue weighted by atomic mass is 9.32. The average molecular weight is 149 g/mol. The van der Waals surface area contributed by atoms with E-state index < -0.39 is 0 Å². The van der Waals surface area contributed by atoms with Crippen molar-refractivity contribution in [3.05, 3.63) is 11.4 Å². The molecular weight excluding hydrogens is 134 g/mol. The van der Waals surface area contributed by atoms with Crippen molar-refractivity contribution in [2.24, 2.45) is 16.7 Å². The molecule has 0 saturated heterocycles. The van der Waals surface area contributed by atoms with Gasteiger partial charge in [-0.15, -0.1) is 0 Å². The molecule has 0 radical (unpaired) electrons. The third kappa shape index (κ3) is 0.704. The SMILES string of the molecule is [C-]#[N+]CC12CC(C(C)C)(C1)C2. The highest BCUT2D eigenvalue weighted by Gasteiger charge is 2.70. The average Bonchev–Trinajstić information content (AvgIpc) is 1.73. The Kier molecular flexibility index (Phi) is 1.17. The zero-order chi connectivity index (χ0) is 8.11. The highest BCUT2D eigenvalue weighted by Crippen LogP contribution is 2.76. The van der Waals surface area contributed by atoms with Gasteiger partial charge in [-0.3, -0.25) is 0 Å². The molecule has 1 heteroatoms. The van der Waals surface area contributed by atoms with E-state index >= 15 is 0 Å². The molecule has 0 spiro atoms. The Balaban J connectivity index is 1.95. The molecule has 0 N–H and O–H groups in total. The predicted molar refractivity (Wildman–Crippen MR) is 45.0 cm³/mol. The summed E-state index contributed by atoms with van der Waals surface area (Å²) in [6, 6.07) is 0. The van der Waals surface area contributed by atoms with E-state index in [1.807, 2.05) is 0 Å². The lowest BCUT2D eigenvalue weighted by molar-refractivity contribution is -0.218. The normalized spacial score (nSPS) is 46.0. The second kappa shape index (κ2) is 1.80. The van der Waals surface area contributed by atoms with Crippen LogP contribution in [0.4, 0.5) is 0 Å². The Morgan fingerprint density at radius 2 is 1.91 bits per heavy atom. The molecule has 3 fully saturated rings. The second-order valence-electron chi connectivity index (χ2n) is 4.86.